The van der Waals surface area contributed by atoms with Gasteiger partial charge in [0.05, 0.1) is 5.69 Å². The summed E-state index contributed by atoms with van der Waals surface area (Å²) in [5.74, 6) is -0.940. The lowest BCUT2D eigenvalue weighted by molar-refractivity contribution is -0.116. The summed E-state index contributed by atoms with van der Waals surface area (Å²) in [6.07, 6.45) is 0.175. The van der Waals surface area contributed by atoms with Crippen molar-refractivity contribution in [2.24, 2.45) is 0 Å². The molecule has 8 heteroatoms. The number of aromatic carboxylic acids is 1. The van der Waals surface area contributed by atoms with Gasteiger partial charge in [0, 0.05) is 22.8 Å². The first kappa shape index (κ1) is 17.7. The molecule has 5 rings (SSSR count). The molecule has 3 aromatic rings. The van der Waals surface area contributed by atoms with E-state index in [2.05, 4.69) is 5.32 Å². The Hall–Kier alpha value is -3.39. The number of hydrogen-bond donors (Lipinski definition) is 2. The summed E-state index contributed by atoms with van der Waals surface area (Å²) in [6, 6.07) is 11.2. The van der Waals surface area contributed by atoms with Crippen molar-refractivity contribution in [1.29, 1.82) is 0 Å². The van der Waals surface area contributed by atoms with E-state index in [1.807, 2.05) is 12.1 Å². The number of carboxylic acids is 1. The van der Waals surface area contributed by atoms with Gasteiger partial charge in [0.1, 0.15) is 10.7 Å². The van der Waals surface area contributed by atoms with Gasteiger partial charge in [-0.15, -0.1) is 11.3 Å². The highest BCUT2D eigenvalue weighted by Crippen LogP contribution is 2.50. The topological polar surface area (TPSA) is 84.9 Å². The first-order valence-electron chi connectivity index (χ1n) is 8.86. The number of carbonyl (C=O) groups excluding carboxylic acids is 1. The van der Waals surface area contributed by atoms with Crippen molar-refractivity contribution in [3.05, 3.63) is 63.6 Å². The van der Waals surface area contributed by atoms with E-state index in [1.165, 1.54) is 18.2 Å². The fourth-order valence-corrected chi connectivity index (χ4v) is 5.00. The second kappa shape index (κ2) is 6.59. The first-order valence-corrected chi connectivity index (χ1v) is 9.68. The summed E-state index contributed by atoms with van der Waals surface area (Å²) >= 11 is 1.10. The van der Waals surface area contributed by atoms with Crippen LogP contribution in [0.1, 0.15) is 32.5 Å². The van der Waals surface area contributed by atoms with Gasteiger partial charge in [-0.1, -0.05) is 18.2 Å². The van der Waals surface area contributed by atoms with Gasteiger partial charge < -0.3 is 19.9 Å². The third kappa shape index (κ3) is 2.92. The van der Waals surface area contributed by atoms with Crippen LogP contribution in [0.5, 0.6) is 11.5 Å². The zero-order chi connectivity index (χ0) is 20.1. The Morgan fingerprint density at radius 3 is 2.79 bits per heavy atom. The molecule has 0 fully saturated rings. The molecule has 0 bridgehead atoms. The number of anilines is 1. The molecule has 0 radical (unpaired) electrons. The van der Waals surface area contributed by atoms with E-state index in [1.54, 1.807) is 12.1 Å². The quantitative estimate of drug-likeness (QED) is 0.665. The average molecular weight is 411 g/mol. The summed E-state index contributed by atoms with van der Waals surface area (Å²) in [4.78, 5) is 25.2. The van der Waals surface area contributed by atoms with Gasteiger partial charge in [-0.05, 0) is 35.4 Å². The molecule has 146 valence electrons. The number of carboxylic acid groups (broad SMARTS) is 1. The molecule has 2 aliphatic heterocycles. The Balaban J connectivity index is 1.70. The van der Waals surface area contributed by atoms with Gasteiger partial charge in [0.2, 0.25) is 12.7 Å². The molecule has 0 saturated carbocycles. The molecule has 6 nitrogen and oxygen atoms in total. The molecule has 0 spiro atoms. The number of halogens is 1. The van der Waals surface area contributed by atoms with Crippen molar-refractivity contribution in [3.63, 3.8) is 0 Å². The SMILES string of the molecule is O=C1C[C@@H](c2ccc3c(c2)OCO3)c2sc(C(=O)O)c(-c3cccc(F)c3)c2N1. The maximum atomic E-state index is 13.8. The standard InChI is InChI=1S/C21H14FNO5S/c22-12-3-1-2-11(6-12)17-18-19(29-20(17)21(25)26)13(8-16(24)23-18)10-4-5-14-15(7-10)28-9-27-14/h1-7,13H,8-9H2,(H,23,24)(H,25,26)/t13-/m0/s1. The number of carbonyl (C=O) groups is 2. The molecular formula is C21H14FNO5S. The van der Waals surface area contributed by atoms with Crippen LogP contribution < -0.4 is 14.8 Å². The Morgan fingerprint density at radius 1 is 1.17 bits per heavy atom. The average Bonchev–Trinajstić information content (AvgIpc) is 3.31. The highest BCUT2D eigenvalue weighted by atomic mass is 32.1. The van der Waals surface area contributed by atoms with Crippen LogP contribution in [0.2, 0.25) is 0 Å². The number of ether oxygens (including phenoxy) is 2. The summed E-state index contributed by atoms with van der Waals surface area (Å²) in [7, 11) is 0. The predicted molar refractivity (Wildman–Crippen MR) is 104 cm³/mol. The normalized spacial score (nSPS) is 17.0. The van der Waals surface area contributed by atoms with Crippen LogP contribution >= 0.6 is 11.3 Å². The minimum atomic E-state index is -1.12. The summed E-state index contributed by atoms with van der Waals surface area (Å²) in [6.45, 7) is 0.140. The molecule has 0 aliphatic carbocycles. The molecular weight excluding hydrogens is 397 g/mol. The van der Waals surface area contributed by atoms with Crippen molar-refractivity contribution >= 4 is 28.9 Å². The molecule has 1 amide bonds. The lowest BCUT2D eigenvalue weighted by Crippen LogP contribution is -2.22. The Kier molecular flexibility index (Phi) is 4.02. The monoisotopic (exact) mass is 411 g/mol. The number of fused-ring (bicyclic) bond motifs is 2. The van der Waals surface area contributed by atoms with Crippen LogP contribution in [0.25, 0.3) is 11.1 Å². The first-order chi connectivity index (χ1) is 14.0. The highest BCUT2D eigenvalue weighted by Gasteiger charge is 2.35. The zero-order valence-electron chi connectivity index (χ0n) is 14.9. The van der Waals surface area contributed by atoms with Gasteiger partial charge in [-0.3, -0.25) is 4.79 Å². The Morgan fingerprint density at radius 2 is 2.00 bits per heavy atom. The van der Waals surface area contributed by atoms with Crippen molar-refractivity contribution in [2.75, 3.05) is 12.1 Å². The van der Waals surface area contributed by atoms with Crippen LogP contribution in [-0.4, -0.2) is 23.8 Å². The van der Waals surface area contributed by atoms with E-state index in [0.29, 0.717) is 28.3 Å². The smallest absolute Gasteiger partial charge is 0.346 e. The van der Waals surface area contributed by atoms with Gasteiger partial charge in [-0.25, -0.2) is 9.18 Å². The van der Waals surface area contributed by atoms with Crippen LogP contribution in [0.3, 0.4) is 0 Å². The van der Waals surface area contributed by atoms with Crippen LogP contribution in [0, 0.1) is 5.82 Å². The van der Waals surface area contributed by atoms with Crippen LogP contribution in [0.15, 0.2) is 42.5 Å². The van der Waals surface area contributed by atoms with Gasteiger partial charge in [0.15, 0.2) is 11.5 Å². The zero-order valence-corrected chi connectivity index (χ0v) is 15.7. The number of rotatable bonds is 3. The van der Waals surface area contributed by atoms with E-state index in [0.717, 1.165) is 21.8 Å². The number of hydrogen-bond acceptors (Lipinski definition) is 5. The van der Waals surface area contributed by atoms with Crippen molar-refractivity contribution in [2.45, 2.75) is 12.3 Å². The fourth-order valence-electron chi connectivity index (χ4n) is 3.76. The lowest BCUT2D eigenvalue weighted by Gasteiger charge is -2.24. The molecule has 0 saturated heterocycles. The Labute approximate surface area is 168 Å². The minimum Gasteiger partial charge on any atom is -0.477 e. The summed E-state index contributed by atoms with van der Waals surface area (Å²) in [5, 5.41) is 12.6. The Bertz CT molecular complexity index is 1170. The van der Waals surface area contributed by atoms with Crippen LogP contribution in [-0.2, 0) is 4.79 Å². The molecule has 3 heterocycles. The number of nitrogens with one attached hydrogen (secondary N) is 1. The maximum Gasteiger partial charge on any atom is 0.346 e. The van der Waals surface area contributed by atoms with Crippen LogP contribution in [0.4, 0.5) is 10.1 Å². The van der Waals surface area contributed by atoms with E-state index in [-0.39, 0.29) is 29.9 Å². The largest absolute Gasteiger partial charge is 0.477 e. The fraction of sp³-hybridized carbons (Fsp3) is 0.143. The van der Waals surface area contributed by atoms with Gasteiger partial charge in [0.25, 0.3) is 0 Å². The van der Waals surface area contributed by atoms with Crippen molar-refractivity contribution in [3.8, 4) is 22.6 Å². The maximum absolute atomic E-state index is 13.8. The molecule has 2 N–H and O–H groups in total. The lowest BCUT2D eigenvalue weighted by atomic mass is 9.88. The molecule has 2 aromatic carbocycles. The van der Waals surface area contributed by atoms with Gasteiger partial charge >= 0.3 is 5.97 Å². The summed E-state index contributed by atoms with van der Waals surface area (Å²) in [5.41, 5.74) is 1.99. The van der Waals surface area contributed by atoms with Gasteiger partial charge in [-0.2, -0.15) is 0 Å². The third-order valence-corrected chi connectivity index (χ3v) is 6.30. The number of thiophene rings is 1. The molecule has 0 unspecified atom stereocenters. The minimum absolute atomic E-state index is 0.0635. The molecule has 2 aliphatic rings. The second-order valence-corrected chi connectivity index (χ2v) is 7.83. The van der Waals surface area contributed by atoms with Crippen molar-refractivity contribution in [1.82, 2.24) is 0 Å². The number of amides is 1. The van der Waals surface area contributed by atoms with E-state index in [9.17, 15) is 19.1 Å². The molecule has 1 atom stereocenters. The predicted octanol–water partition coefficient (Wildman–Crippen LogP) is 4.46. The number of benzene rings is 2. The summed E-state index contributed by atoms with van der Waals surface area (Å²) < 4.78 is 24.6. The van der Waals surface area contributed by atoms with E-state index < -0.39 is 11.8 Å². The second-order valence-electron chi connectivity index (χ2n) is 6.78. The van der Waals surface area contributed by atoms with E-state index >= 15 is 0 Å². The van der Waals surface area contributed by atoms with Crippen molar-refractivity contribution < 1.29 is 28.6 Å². The highest BCUT2D eigenvalue weighted by molar-refractivity contribution is 7.15. The molecule has 29 heavy (non-hydrogen) atoms. The third-order valence-electron chi connectivity index (χ3n) is 5.01. The molecule has 1 aromatic heterocycles. The van der Waals surface area contributed by atoms with E-state index in [4.69, 9.17) is 9.47 Å².